The van der Waals surface area contributed by atoms with E-state index in [0.29, 0.717) is 18.8 Å². The summed E-state index contributed by atoms with van der Waals surface area (Å²) in [6.07, 6.45) is 1.05. The van der Waals surface area contributed by atoms with Crippen LogP contribution in [0.3, 0.4) is 0 Å². The van der Waals surface area contributed by atoms with Gasteiger partial charge in [-0.05, 0) is 32.6 Å². The van der Waals surface area contributed by atoms with Crippen molar-refractivity contribution in [3.05, 3.63) is 0 Å². The minimum absolute atomic E-state index is 0.0319. The Morgan fingerprint density at radius 3 is 1.95 bits per heavy atom. The SMILES string of the molecule is CCS(=O)(=O)NCCCNS(=O)(=O)[C@@H](C)CC(C)C. The first-order chi connectivity index (χ1) is 8.60. The molecule has 0 fully saturated rings. The van der Waals surface area contributed by atoms with E-state index in [2.05, 4.69) is 9.44 Å². The summed E-state index contributed by atoms with van der Waals surface area (Å²) in [7, 11) is -6.50. The van der Waals surface area contributed by atoms with Crippen LogP contribution in [0.1, 0.15) is 40.5 Å². The zero-order chi connectivity index (χ0) is 15.1. The molecule has 0 rings (SSSR count). The van der Waals surface area contributed by atoms with Crippen molar-refractivity contribution in [2.45, 2.75) is 45.8 Å². The first-order valence-corrected chi connectivity index (χ1v) is 9.76. The van der Waals surface area contributed by atoms with E-state index in [1.54, 1.807) is 13.8 Å². The average molecular weight is 314 g/mol. The highest BCUT2D eigenvalue weighted by Crippen LogP contribution is 2.10. The molecular weight excluding hydrogens is 288 g/mol. The molecule has 0 heterocycles. The third-order valence-electron chi connectivity index (χ3n) is 2.69. The second kappa shape index (κ2) is 8.18. The lowest BCUT2D eigenvalue weighted by atomic mass is 10.1. The maximum absolute atomic E-state index is 11.8. The van der Waals surface area contributed by atoms with Gasteiger partial charge in [-0.1, -0.05) is 13.8 Å². The fraction of sp³-hybridized carbons (Fsp3) is 1.00. The van der Waals surface area contributed by atoms with Gasteiger partial charge in [0.2, 0.25) is 20.0 Å². The molecule has 1 atom stereocenters. The van der Waals surface area contributed by atoms with Gasteiger partial charge >= 0.3 is 0 Å². The zero-order valence-electron chi connectivity index (χ0n) is 12.1. The second-order valence-electron chi connectivity index (χ2n) is 5.03. The predicted molar refractivity (Wildman–Crippen MR) is 77.9 cm³/mol. The Bertz CT molecular complexity index is 443. The van der Waals surface area contributed by atoms with Crippen LogP contribution in [0.5, 0.6) is 0 Å². The van der Waals surface area contributed by atoms with Gasteiger partial charge in [0, 0.05) is 13.1 Å². The summed E-state index contributed by atoms with van der Waals surface area (Å²) in [6, 6.07) is 0. The molecule has 0 radical (unpaired) electrons. The lowest BCUT2D eigenvalue weighted by Gasteiger charge is -2.15. The molecule has 0 aromatic rings. The van der Waals surface area contributed by atoms with E-state index in [9.17, 15) is 16.8 Å². The van der Waals surface area contributed by atoms with Crippen molar-refractivity contribution in [1.82, 2.24) is 9.44 Å². The molecule has 8 heteroatoms. The number of hydrogen-bond acceptors (Lipinski definition) is 4. The number of hydrogen-bond donors (Lipinski definition) is 2. The summed E-state index contributed by atoms with van der Waals surface area (Å²) in [5.41, 5.74) is 0. The van der Waals surface area contributed by atoms with E-state index in [0.717, 1.165) is 0 Å². The van der Waals surface area contributed by atoms with Crippen molar-refractivity contribution in [2.24, 2.45) is 5.92 Å². The van der Waals surface area contributed by atoms with Gasteiger partial charge in [0.15, 0.2) is 0 Å². The van der Waals surface area contributed by atoms with Crippen LogP contribution in [0, 0.1) is 5.92 Å². The molecule has 0 aliphatic carbocycles. The Morgan fingerprint density at radius 1 is 0.947 bits per heavy atom. The molecule has 0 aliphatic rings. The topological polar surface area (TPSA) is 92.3 Å². The van der Waals surface area contributed by atoms with Gasteiger partial charge < -0.3 is 0 Å². The molecular formula is C11H26N2O4S2. The molecule has 0 saturated heterocycles. The highest BCUT2D eigenvalue weighted by atomic mass is 32.2. The largest absolute Gasteiger partial charge is 0.215 e. The quantitative estimate of drug-likeness (QED) is 0.580. The summed E-state index contributed by atoms with van der Waals surface area (Å²) in [6.45, 7) is 7.69. The van der Waals surface area contributed by atoms with Crippen LogP contribution in [0.25, 0.3) is 0 Å². The molecule has 6 nitrogen and oxygen atoms in total. The number of sulfonamides is 2. The highest BCUT2D eigenvalue weighted by Gasteiger charge is 2.20. The lowest BCUT2D eigenvalue weighted by Crippen LogP contribution is -2.35. The molecule has 0 aromatic carbocycles. The smallest absolute Gasteiger partial charge is 0.214 e. The third kappa shape index (κ3) is 8.56. The summed E-state index contributed by atoms with van der Waals surface area (Å²) in [5.74, 6) is 0.354. The van der Waals surface area contributed by atoms with Crippen LogP contribution in [-0.4, -0.2) is 40.9 Å². The monoisotopic (exact) mass is 314 g/mol. The molecule has 0 saturated carbocycles. The normalized spacial score (nSPS) is 14.8. The van der Waals surface area contributed by atoms with Gasteiger partial charge in [0.25, 0.3) is 0 Å². The van der Waals surface area contributed by atoms with E-state index in [1.807, 2.05) is 13.8 Å². The van der Waals surface area contributed by atoms with Crippen molar-refractivity contribution in [3.63, 3.8) is 0 Å². The molecule has 0 unspecified atom stereocenters. The predicted octanol–water partition coefficient (Wildman–Crippen LogP) is 0.670. The Kier molecular flexibility index (Phi) is 8.11. The van der Waals surface area contributed by atoms with Gasteiger partial charge in [-0.25, -0.2) is 26.3 Å². The zero-order valence-corrected chi connectivity index (χ0v) is 13.8. The summed E-state index contributed by atoms with van der Waals surface area (Å²) >= 11 is 0. The summed E-state index contributed by atoms with van der Waals surface area (Å²) < 4.78 is 50.8. The van der Waals surface area contributed by atoms with Gasteiger partial charge in [-0.15, -0.1) is 0 Å². The maximum Gasteiger partial charge on any atom is 0.214 e. The highest BCUT2D eigenvalue weighted by molar-refractivity contribution is 7.90. The molecule has 0 amide bonds. The van der Waals surface area contributed by atoms with Crippen molar-refractivity contribution in [3.8, 4) is 0 Å². The maximum atomic E-state index is 11.8. The molecule has 0 bridgehead atoms. The molecule has 0 aliphatic heterocycles. The van der Waals surface area contributed by atoms with Crippen molar-refractivity contribution in [1.29, 1.82) is 0 Å². The van der Waals surface area contributed by atoms with Crippen LogP contribution < -0.4 is 9.44 Å². The van der Waals surface area contributed by atoms with E-state index in [-0.39, 0.29) is 18.8 Å². The van der Waals surface area contributed by atoms with Crippen LogP contribution in [0.15, 0.2) is 0 Å². The number of nitrogens with one attached hydrogen (secondary N) is 2. The van der Waals surface area contributed by atoms with Crippen LogP contribution in [0.4, 0.5) is 0 Å². The van der Waals surface area contributed by atoms with Gasteiger partial charge in [0.05, 0.1) is 11.0 Å². The minimum Gasteiger partial charge on any atom is -0.215 e. The average Bonchev–Trinajstić information content (AvgIpc) is 2.27. The standard InChI is InChI=1S/C11H26N2O4S2/c1-5-18(14,15)12-7-6-8-13-19(16,17)11(4)9-10(2)3/h10-13H,5-9H2,1-4H3/t11-/m0/s1. The molecule has 116 valence electrons. The number of rotatable bonds is 10. The minimum atomic E-state index is -3.30. The molecule has 0 spiro atoms. The first kappa shape index (κ1) is 18.8. The van der Waals surface area contributed by atoms with Crippen molar-refractivity contribution < 1.29 is 16.8 Å². The van der Waals surface area contributed by atoms with E-state index >= 15 is 0 Å². The van der Waals surface area contributed by atoms with Crippen LogP contribution in [0.2, 0.25) is 0 Å². The fourth-order valence-electron chi connectivity index (χ4n) is 1.57. The Hall–Kier alpha value is -0.180. The summed E-state index contributed by atoms with van der Waals surface area (Å²) in [4.78, 5) is 0. The Balaban J connectivity index is 4.00. The lowest BCUT2D eigenvalue weighted by molar-refractivity contribution is 0.526. The molecule has 2 N–H and O–H groups in total. The van der Waals surface area contributed by atoms with Gasteiger partial charge in [-0.2, -0.15) is 0 Å². The van der Waals surface area contributed by atoms with E-state index in [4.69, 9.17) is 0 Å². The van der Waals surface area contributed by atoms with E-state index < -0.39 is 25.3 Å². The van der Waals surface area contributed by atoms with E-state index in [1.165, 1.54) is 0 Å². The Labute approximate surface area is 117 Å². The van der Waals surface area contributed by atoms with Crippen molar-refractivity contribution in [2.75, 3.05) is 18.8 Å². The van der Waals surface area contributed by atoms with Crippen molar-refractivity contribution >= 4 is 20.0 Å². The Morgan fingerprint density at radius 2 is 1.47 bits per heavy atom. The molecule has 0 aromatic heterocycles. The van der Waals surface area contributed by atoms with Gasteiger partial charge in [0.1, 0.15) is 0 Å². The van der Waals surface area contributed by atoms with Crippen LogP contribution in [-0.2, 0) is 20.0 Å². The first-order valence-electron chi connectivity index (χ1n) is 6.56. The van der Waals surface area contributed by atoms with Gasteiger partial charge in [-0.3, -0.25) is 0 Å². The van der Waals surface area contributed by atoms with Crippen LogP contribution >= 0.6 is 0 Å². The molecule has 19 heavy (non-hydrogen) atoms. The fourth-order valence-corrected chi connectivity index (χ4v) is 3.58. The summed E-state index contributed by atoms with van der Waals surface area (Å²) in [5, 5.41) is -0.431. The third-order valence-corrected chi connectivity index (χ3v) is 5.95. The second-order valence-corrected chi connectivity index (χ2v) is 9.31.